The Morgan fingerprint density at radius 3 is 2.77 bits per heavy atom. The Labute approximate surface area is 174 Å². The lowest BCUT2D eigenvalue weighted by molar-refractivity contribution is -0.141. The fraction of sp³-hybridized carbons (Fsp3) is 0.391. The maximum Gasteiger partial charge on any atom is 0.295 e. The molecule has 4 rings (SSSR count). The zero-order valence-electron chi connectivity index (χ0n) is 17.1. The molecule has 1 aromatic carbocycles. The Bertz CT molecular complexity index is 972. The first kappa shape index (κ1) is 20.2. The number of benzene rings is 1. The molecule has 2 atom stereocenters. The van der Waals surface area contributed by atoms with Crippen molar-refractivity contribution in [3.05, 3.63) is 59.1 Å². The van der Waals surface area contributed by atoms with E-state index in [1.165, 1.54) is 11.2 Å². The number of hydrogen-bond acceptors (Lipinski definition) is 6. The van der Waals surface area contributed by atoms with E-state index in [4.69, 9.17) is 13.9 Å². The lowest BCUT2D eigenvalue weighted by atomic mass is 9.98. The van der Waals surface area contributed by atoms with Crippen LogP contribution < -0.4 is 4.74 Å². The summed E-state index contributed by atoms with van der Waals surface area (Å²) < 4.78 is 16.8. The first-order chi connectivity index (χ1) is 14.5. The highest BCUT2D eigenvalue weighted by atomic mass is 16.5. The van der Waals surface area contributed by atoms with E-state index in [1.54, 1.807) is 30.3 Å². The fourth-order valence-electron chi connectivity index (χ4n) is 4.09. The lowest BCUT2D eigenvalue weighted by Gasteiger charge is -2.25. The zero-order chi connectivity index (χ0) is 21.3. The first-order valence-electron chi connectivity index (χ1n) is 10.2. The van der Waals surface area contributed by atoms with Crippen LogP contribution in [-0.4, -0.2) is 47.6 Å². The van der Waals surface area contributed by atoms with E-state index in [9.17, 15) is 14.7 Å². The van der Waals surface area contributed by atoms with Gasteiger partial charge in [-0.3, -0.25) is 9.59 Å². The van der Waals surface area contributed by atoms with Crippen molar-refractivity contribution in [2.24, 2.45) is 0 Å². The van der Waals surface area contributed by atoms with Gasteiger partial charge in [-0.2, -0.15) is 0 Å². The Morgan fingerprint density at radius 1 is 1.30 bits per heavy atom. The number of aryl methyl sites for hydroxylation is 1. The summed E-state index contributed by atoms with van der Waals surface area (Å²) in [7, 11) is 0. The van der Waals surface area contributed by atoms with Crippen LogP contribution in [0.1, 0.15) is 42.7 Å². The van der Waals surface area contributed by atoms with Crippen LogP contribution in [0.15, 0.2) is 46.6 Å². The van der Waals surface area contributed by atoms with Crippen molar-refractivity contribution >= 4 is 17.4 Å². The molecule has 2 unspecified atom stereocenters. The summed E-state index contributed by atoms with van der Waals surface area (Å²) in [5.74, 6) is -0.475. The van der Waals surface area contributed by atoms with Crippen molar-refractivity contribution in [2.75, 3.05) is 19.8 Å². The molecule has 2 aliphatic heterocycles. The van der Waals surface area contributed by atoms with E-state index in [1.807, 2.05) is 13.8 Å². The molecule has 0 radical (unpaired) electrons. The van der Waals surface area contributed by atoms with Gasteiger partial charge < -0.3 is 23.9 Å². The number of furan rings is 1. The summed E-state index contributed by atoms with van der Waals surface area (Å²) >= 11 is 0. The molecule has 2 saturated heterocycles. The van der Waals surface area contributed by atoms with Gasteiger partial charge in [0.2, 0.25) is 0 Å². The van der Waals surface area contributed by atoms with E-state index in [0.29, 0.717) is 30.3 Å². The third kappa shape index (κ3) is 3.61. The number of amides is 1. The minimum Gasteiger partial charge on any atom is -0.507 e. The van der Waals surface area contributed by atoms with Gasteiger partial charge in [0, 0.05) is 18.7 Å². The van der Waals surface area contributed by atoms with Gasteiger partial charge in [-0.05, 0) is 62.6 Å². The van der Waals surface area contributed by atoms with E-state index in [2.05, 4.69) is 0 Å². The number of hydrogen-bond donors (Lipinski definition) is 1. The van der Waals surface area contributed by atoms with Crippen molar-refractivity contribution < 1.29 is 28.6 Å². The molecular weight excluding hydrogens is 386 g/mol. The zero-order valence-corrected chi connectivity index (χ0v) is 17.1. The van der Waals surface area contributed by atoms with Crippen molar-refractivity contribution in [3.63, 3.8) is 0 Å². The quantitative estimate of drug-likeness (QED) is 0.444. The SMILES string of the molecule is CCOc1ccc(/C(O)=C2/C(=O)C(=O)N(CC3CCCO3)C2c2ccco2)cc1C. The smallest absolute Gasteiger partial charge is 0.295 e. The number of aliphatic hydroxyl groups is 1. The number of ketones is 1. The van der Waals surface area contributed by atoms with Crippen LogP contribution >= 0.6 is 0 Å². The third-order valence-electron chi connectivity index (χ3n) is 5.53. The van der Waals surface area contributed by atoms with Gasteiger partial charge in [0.1, 0.15) is 23.3 Å². The molecule has 1 N–H and O–H groups in total. The highest BCUT2D eigenvalue weighted by molar-refractivity contribution is 6.46. The maximum absolute atomic E-state index is 12.9. The second-order valence-corrected chi connectivity index (χ2v) is 7.52. The average molecular weight is 411 g/mol. The Hall–Kier alpha value is -3.06. The van der Waals surface area contributed by atoms with E-state index in [0.717, 1.165) is 18.4 Å². The molecule has 2 aliphatic rings. The van der Waals surface area contributed by atoms with E-state index >= 15 is 0 Å². The average Bonchev–Trinajstić information content (AvgIpc) is 3.48. The normalized spacial score (nSPS) is 23.3. The summed E-state index contributed by atoms with van der Waals surface area (Å²) in [5.41, 5.74) is 1.29. The Balaban J connectivity index is 1.76. The maximum atomic E-state index is 12.9. The van der Waals surface area contributed by atoms with Crippen LogP contribution in [0.4, 0.5) is 0 Å². The number of carbonyl (C=O) groups is 2. The van der Waals surface area contributed by atoms with Gasteiger partial charge >= 0.3 is 0 Å². The second-order valence-electron chi connectivity index (χ2n) is 7.52. The standard InChI is InChI=1S/C23H25NO6/c1-3-28-17-9-8-15(12-14(17)2)21(25)19-20(18-7-5-11-30-18)24(23(27)22(19)26)13-16-6-4-10-29-16/h5,7-9,11-12,16,20,25H,3-4,6,10,13H2,1-2H3/b21-19-. The van der Waals surface area contributed by atoms with Crippen LogP contribution in [0, 0.1) is 6.92 Å². The summed E-state index contributed by atoms with van der Waals surface area (Å²) in [6.07, 6.45) is 3.11. The summed E-state index contributed by atoms with van der Waals surface area (Å²) in [5, 5.41) is 11.1. The summed E-state index contributed by atoms with van der Waals surface area (Å²) in [4.78, 5) is 27.3. The molecule has 2 aromatic rings. The number of nitrogens with zero attached hydrogens (tertiary/aromatic N) is 1. The molecule has 7 nitrogen and oxygen atoms in total. The molecule has 2 fully saturated rings. The number of ether oxygens (including phenoxy) is 2. The lowest BCUT2D eigenvalue weighted by Crippen LogP contribution is -2.36. The largest absolute Gasteiger partial charge is 0.507 e. The molecule has 0 aliphatic carbocycles. The number of rotatable bonds is 6. The van der Waals surface area contributed by atoms with Crippen LogP contribution in [-0.2, 0) is 14.3 Å². The van der Waals surface area contributed by atoms with Gasteiger partial charge in [0.25, 0.3) is 11.7 Å². The molecular formula is C23H25NO6. The number of aliphatic hydroxyl groups excluding tert-OH is 1. The Morgan fingerprint density at radius 2 is 2.13 bits per heavy atom. The van der Waals surface area contributed by atoms with Crippen molar-refractivity contribution in [3.8, 4) is 5.75 Å². The second kappa shape index (κ2) is 8.36. The van der Waals surface area contributed by atoms with Gasteiger partial charge in [0.15, 0.2) is 0 Å². The highest BCUT2D eigenvalue weighted by Crippen LogP contribution is 2.40. The highest BCUT2D eigenvalue weighted by Gasteiger charge is 2.48. The molecule has 0 saturated carbocycles. The van der Waals surface area contributed by atoms with Crippen LogP contribution in [0.2, 0.25) is 0 Å². The van der Waals surface area contributed by atoms with Crippen molar-refractivity contribution in [1.82, 2.24) is 4.90 Å². The van der Waals surface area contributed by atoms with Crippen molar-refractivity contribution in [1.29, 1.82) is 0 Å². The third-order valence-corrected chi connectivity index (χ3v) is 5.53. The Kier molecular flexibility index (Phi) is 5.63. The van der Waals surface area contributed by atoms with Gasteiger partial charge in [-0.25, -0.2) is 0 Å². The van der Waals surface area contributed by atoms with Crippen LogP contribution in [0.5, 0.6) is 5.75 Å². The molecule has 3 heterocycles. The molecule has 7 heteroatoms. The molecule has 1 aromatic heterocycles. The van der Waals surface area contributed by atoms with Crippen LogP contribution in [0.3, 0.4) is 0 Å². The summed E-state index contributed by atoms with van der Waals surface area (Å²) in [6, 6.07) is 7.78. The number of likely N-dealkylation sites (tertiary alicyclic amines) is 1. The molecule has 0 spiro atoms. The molecule has 0 bridgehead atoms. The van der Waals surface area contributed by atoms with E-state index < -0.39 is 17.7 Å². The minimum atomic E-state index is -0.795. The van der Waals surface area contributed by atoms with Crippen LogP contribution in [0.25, 0.3) is 5.76 Å². The minimum absolute atomic E-state index is 0.0245. The van der Waals surface area contributed by atoms with E-state index in [-0.39, 0.29) is 24.0 Å². The molecule has 158 valence electrons. The monoisotopic (exact) mass is 411 g/mol. The van der Waals surface area contributed by atoms with Gasteiger partial charge in [0.05, 0.1) is 24.5 Å². The predicted octanol–water partition coefficient (Wildman–Crippen LogP) is 3.59. The fourth-order valence-corrected chi connectivity index (χ4v) is 4.09. The number of Topliss-reactive ketones (excluding diaryl/α,β-unsaturated/α-hetero) is 1. The van der Waals surface area contributed by atoms with Gasteiger partial charge in [-0.1, -0.05) is 0 Å². The van der Waals surface area contributed by atoms with Crippen molar-refractivity contribution in [2.45, 2.75) is 38.8 Å². The topological polar surface area (TPSA) is 89.2 Å². The molecule has 30 heavy (non-hydrogen) atoms. The summed E-state index contributed by atoms with van der Waals surface area (Å²) in [6.45, 7) is 5.20. The molecule has 1 amide bonds. The number of carbonyl (C=O) groups excluding carboxylic acids is 2. The predicted molar refractivity (Wildman–Crippen MR) is 109 cm³/mol. The van der Waals surface area contributed by atoms with Gasteiger partial charge in [-0.15, -0.1) is 0 Å². The first-order valence-corrected chi connectivity index (χ1v) is 10.2.